The van der Waals surface area contributed by atoms with Gasteiger partial charge in [-0.15, -0.1) is 0 Å². The zero-order valence-corrected chi connectivity index (χ0v) is 17.1. The van der Waals surface area contributed by atoms with E-state index in [4.69, 9.17) is 10.00 Å². The maximum Gasteiger partial charge on any atom is 0.226 e. The van der Waals surface area contributed by atoms with Crippen molar-refractivity contribution < 1.29 is 9.53 Å². The minimum absolute atomic E-state index is 0.136. The van der Waals surface area contributed by atoms with Crippen molar-refractivity contribution in [3.8, 4) is 11.8 Å². The van der Waals surface area contributed by atoms with Crippen molar-refractivity contribution in [1.29, 1.82) is 5.26 Å². The minimum atomic E-state index is 0.136. The van der Waals surface area contributed by atoms with E-state index in [1.165, 1.54) is 11.1 Å². The molecule has 2 atom stereocenters. The van der Waals surface area contributed by atoms with E-state index in [0.717, 1.165) is 69.9 Å². The average Bonchev–Trinajstić information content (AvgIpc) is 3.39. The molecule has 3 aliphatic heterocycles. The van der Waals surface area contributed by atoms with Gasteiger partial charge in [0.25, 0.3) is 0 Å². The van der Waals surface area contributed by atoms with E-state index >= 15 is 0 Å². The number of hydrogen-bond acceptors (Lipinski definition) is 5. The molecule has 1 amide bonds. The Morgan fingerprint density at radius 2 is 2.17 bits per heavy atom. The quantitative estimate of drug-likeness (QED) is 0.769. The summed E-state index contributed by atoms with van der Waals surface area (Å²) in [5.41, 5.74) is 3.31. The molecule has 3 aliphatic rings. The van der Waals surface area contributed by atoms with Gasteiger partial charge in [0, 0.05) is 43.7 Å². The Labute approximate surface area is 177 Å². The summed E-state index contributed by atoms with van der Waals surface area (Å²) in [6.45, 7) is 3.16. The summed E-state index contributed by atoms with van der Waals surface area (Å²) in [4.78, 5) is 21.7. The molecule has 2 fully saturated rings. The second kappa shape index (κ2) is 7.98. The first-order valence-corrected chi connectivity index (χ1v) is 10.9. The van der Waals surface area contributed by atoms with Crippen LogP contribution in [0, 0.1) is 17.2 Å². The second-order valence-electron chi connectivity index (χ2n) is 8.47. The fraction of sp³-hybridized carbons (Fsp3) is 0.458. The maximum atomic E-state index is 12.9. The SMILES string of the molecule is N#Cc1ccc(N2CCN3C(=O)[C@@H](CCCc4cccc5c4CCO5)C[C@H]3C2)nc1. The molecule has 0 N–H and O–H groups in total. The molecule has 30 heavy (non-hydrogen) atoms. The molecule has 0 radical (unpaired) electrons. The lowest BCUT2D eigenvalue weighted by Crippen LogP contribution is -2.51. The normalized spacial score (nSPS) is 22.4. The summed E-state index contributed by atoms with van der Waals surface area (Å²) in [6, 6.07) is 12.4. The highest BCUT2D eigenvalue weighted by Crippen LogP contribution is 2.33. The molecule has 1 aromatic carbocycles. The van der Waals surface area contributed by atoms with Crippen LogP contribution in [0.5, 0.6) is 5.75 Å². The van der Waals surface area contributed by atoms with Gasteiger partial charge >= 0.3 is 0 Å². The van der Waals surface area contributed by atoms with Gasteiger partial charge in [0.05, 0.1) is 18.2 Å². The fourth-order valence-electron chi connectivity index (χ4n) is 5.17. The Kier molecular flexibility index (Phi) is 5.04. The van der Waals surface area contributed by atoms with Crippen LogP contribution in [0.1, 0.15) is 36.0 Å². The van der Waals surface area contributed by atoms with Gasteiger partial charge in [-0.1, -0.05) is 12.1 Å². The van der Waals surface area contributed by atoms with E-state index < -0.39 is 0 Å². The first-order valence-electron chi connectivity index (χ1n) is 10.9. The molecule has 0 saturated carbocycles. The van der Waals surface area contributed by atoms with Crippen LogP contribution in [-0.4, -0.2) is 48.1 Å². The molecule has 5 rings (SSSR count). The number of aryl methyl sites for hydroxylation is 1. The Bertz CT molecular complexity index is 982. The van der Waals surface area contributed by atoms with E-state index in [9.17, 15) is 4.79 Å². The Morgan fingerprint density at radius 1 is 1.23 bits per heavy atom. The van der Waals surface area contributed by atoms with Crippen LogP contribution in [0.2, 0.25) is 0 Å². The van der Waals surface area contributed by atoms with Crippen LogP contribution in [0.15, 0.2) is 36.5 Å². The molecule has 2 aromatic rings. The fourth-order valence-corrected chi connectivity index (χ4v) is 5.17. The highest BCUT2D eigenvalue weighted by molar-refractivity contribution is 5.82. The van der Waals surface area contributed by atoms with Gasteiger partial charge in [-0.05, 0) is 49.4 Å². The number of amides is 1. The van der Waals surface area contributed by atoms with Gasteiger partial charge in [-0.2, -0.15) is 5.26 Å². The highest BCUT2D eigenvalue weighted by atomic mass is 16.5. The number of aromatic nitrogens is 1. The summed E-state index contributed by atoms with van der Waals surface area (Å²) < 4.78 is 5.67. The van der Waals surface area contributed by atoms with Crippen LogP contribution in [0.25, 0.3) is 0 Å². The zero-order valence-electron chi connectivity index (χ0n) is 17.1. The van der Waals surface area contributed by atoms with Crippen molar-refractivity contribution >= 4 is 11.7 Å². The molecular formula is C24H26N4O2. The van der Waals surface area contributed by atoms with Gasteiger partial charge in [-0.3, -0.25) is 4.79 Å². The molecule has 2 saturated heterocycles. The number of carbonyl (C=O) groups excluding carboxylic acids is 1. The van der Waals surface area contributed by atoms with Gasteiger partial charge in [0.15, 0.2) is 0 Å². The number of piperazine rings is 1. The first-order chi connectivity index (χ1) is 14.7. The highest BCUT2D eigenvalue weighted by Gasteiger charge is 2.42. The molecule has 6 nitrogen and oxygen atoms in total. The number of nitrogens with zero attached hydrogens (tertiary/aromatic N) is 4. The van der Waals surface area contributed by atoms with Crippen LogP contribution in [0.4, 0.5) is 5.82 Å². The molecule has 0 unspecified atom stereocenters. The molecule has 6 heteroatoms. The smallest absolute Gasteiger partial charge is 0.226 e. The Morgan fingerprint density at radius 3 is 3.00 bits per heavy atom. The molecule has 1 aromatic heterocycles. The van der Waals surface area contributed by atoms with E-state index in [0.29, 0.717) is 11.5 Å². The third-order valence-corrected chi connectivity index (χ3v) is 6.71. The van der Waals surface area contributed by atoms with Gasteiger partial charge in [0.2, 0.25) is 5.91 Å². The number of nitriles is 1. The molecule has 0 spiro atoms. The summed E-state index contributed by atoms with van der Waals surface area (Å²) in [6.07, 6.45) is 6.56. The summed E-state index contributed by atoms with van der Waals surface area (Å²) >= 11 is 0. The minimum Gasteiger partial charge on any atom is -0.493 e. The topological polar surface area (TPSA) is 69.5 Å². The number of carbonyl (C=O) groups is 1. The molecule has 4 heterocycles. The largest absolute Gasteiger partial charge is 0.493 e. The lowest BCUT2D eigenvalue weighted by atomic mass is 9.94. The first kappa shape index (κ1) is 18.9. The van der Waals surface area contributed by atoms with E-state index in [1.807, 2.05) is 12.1 Å². The summed E-state index contributed by atoms with van der Waals surface area (Å²) in [7, 11) is 0. The summed E-state index contributed by atoms with van der Waals surface area (Å²) in [5.74, 6) is 2.40. The standard InChI is InChI=1S/C24H26N4O2/c25-14-17-7-8-23(26-15-17)27-10-11-28-20(16-27)13-19(24(28)29)5-1-3-18-4-2-6-22-21(18)9-12-30-22/h2,4,6-8,15,19-20H,1,3,5,9-13,16H2/t19-,20-/m0/s1. The Hall–Kier alpha value is -3.07. The van der Waals surface area contributed by atoms with Crippen molar-refractivity contribution in [2.24, 2.45) is 5.92 Å². The number of fused-ring (bicyclic) bond motifs is 2. The van der Waals surface area contributed by atoms with Crippen LogP contribution < -0.4 is 9.64 Å². The third-order valence-electron chi connectivity index (χ3n) is 6.71. The molecular weight excluding hydrogens is 376 g/mol. The number of benzene rings is 1. The maximum absolute atomic E-state index is 12.9. The van der Waals surface area contributed by atoms with Crippen molar-refractivity contribution in [2.45, 2.75) is 38.1 Å². The van der Waals surface area contributed by atoms with Gasteiger partial charge in [0.1, 0.15) is 17.6 Å². The lowest BCUT2D eigenvalue weighted by molar-refractivity contribution is -0.132. The molecule has 154 valence electrons. The lowest BCUT2D eigenvalue weighted by Gasteiger charge is -2.38. The predicted octanol–water partition coefficient (Wildman–Crippen LogP) is 2.95. The average molecular weight is 402 g/mol. The number of pyridine rings is 1. The number of ether oxygens (including phenoxy) is 1. The molecule has 0 aliphatic carbocycles. The van der Waals surface area contributed by atoms with Gasteiger partial charge < -0.3 is 14.5 Å². The van der Waals surface area contributed by atoms with Crippen LogP contribution in [-0.2, 0) is 17.6 Å². The third kappa shape index (κ3) is 3.49. The van der Waals surface area contributed by atoms with Crippen LogP contribution in [0.3, 0.4) is 0 Å². The number of rotatable bonds is 5. The zero-order chi connectivity index (χ0) is 20.5. The van der Waals surface area contributed by atoms with Crippen LogP contribution >= 0.6 is 0 Å². The molecule has 0 bridgehead atoms. The van der Waals surface area contributed by atoms with Gasteiger partial charge in [-0.25, -0.2) is 4.98 Å². The number of hydrogen-bond donors (Lipinski definition) is 0. The van der Waals surface area contributed by atoms with E-state index in [2.05, 4.69) is 39.1 Å². The van der Waals surface area contributed by atoms with Crippen molar-refractivity contribution in [2.75, 3.05) is 31.1 Å². The predicted molar refractivity (Wildman–Crippen MR) is 113 cm³/mol. The van der Waals surface area contributed by atoms with Crippen molar-refractivity contribution in [3.63, 3.8) is 0 Å². The monoisotopic (exact) mass is 402 g/mol. The number of anilines is 1. The van der Waals surface area contributed by atoms with Crippen molar-refractivity contribution in [3.05, 3.63) is 53.2 Å². The van der Waals surface area contributed by atoms with E-state index in [-0.39, 0.29) is 12.0 Å². The summed E-state index contributed by atoms with van der Waals surface area (Å²) in [5, 5.41) is 8.96. The van der Waals surface area contributed by atoms with E-state index in [1.54, 1.807) is 6.20 Å². The van der Waals surface area contributed by atoms with Crippen molar-refractivity contribution in [1.82, 2.24) is 9.88 Å². The Balaban J connectivity index is 1.18. The second-order valence-corrected chi connectivity index (χ2v) is 8.47.